The minimum Gasteiger partial charge on any atom is -0.197 e. The second-order valence-corrected chi connectivity index (χ2v) is 7.43. The van der Waals surface area contributed by atoms with E-state index in [2.05, 4.69) is 71.9 Å². The van der Waals surface area contributed by atoms with E-state index < -0.39 is 5.92 Å². The summed E-state index contributed by atoms with van der Waals surface area (Å²) < 4.78 is 0. The monoisotopic (exact) mass is 268 g/mol. The summed E-state index contributed by atoms with van der Waals surface area (Å²) >= 11 is 0. The predicted octanol–water partition coefficient (Wildman–Crippen LogP) is 4.49. The lowest BCUT2D eigenvalue weighted by atomic mass is 9.79. The molecule has 0 radical (unpaired) electrons. The fourth-order valence-electron chi connectivity index (χ4n) is 2.03. The Bertz CT molecular complexity index is 511. The molecule has 0 saturated carbocycles. The van der Waals surface area contributed by atoms with Gasteiger partial charge in [-0.2, -0.15) is 10.5 Å². The van der Waals surface area contributed by atoms with Crippen molar-refractivity contribution in [2.45, 2.75) is 58.8 Å². The van der Waals surface area contributed by atoms with E-state index in [1.807, 2.05) is 0 Å². The molecule has 0 bridgehead atoms. The maximum Gasteiger partial charge on any atom is 0.137 e. The molecule has 106 valence electrons. The molecule has 0 aliphatic carbocycles. The van der Waals surface area contributed by atoms with Crippen LogP contribution in [0.2, 0.25) is 0 Å². The van der Waals surface area contributed by atoms with Gasteiger partial charge >= 0.3 is 0 Å². The van der Waals surface area contributed by atoms with Crippen LogP contribution in [0.15, 0.2) is 18.2 Å². The summed E-state index contributed by atoms with van der Waals surface area (Å²) in [5, 5.41) is 17.9. The van der Waals surface area contributed by atoms with Gasteiger partial charge in [-0.15, -0.1) is 0 Å². The highest BCUT2D eigenvalue weighted by Crippen LogP contribution is 2.30. The van der Waals surface area contributed by atoms with Crippen molar-refractivity contribution in [3.8, 4) is 12.1 Å². The smallest absolute Gasteiger partial charge is 0.137 e. The largest absolute Gasteiger partial charge is 0.197 e. The van der Waals surface area contributed by atoms with Crippen LogP contribution >= 0.6 is 0 Å². The van der Waals surface area contributed by atoms with Crippen LogP contribution in [0.1, 0.15) is 58.2 Å². The van der Waals surface area contributed by atoms with Crippen LogP contribution in [0.3, 0.4) is 0 Å². The number of rotatable bonds is 2. The van der Waals surface area contributed by atoms with E-state index >= 15 is 0 Å². The van der Waals surface area contributed by atoms with Gasteiger partial charge in [0, 0.05) is 6.42 Å². The van der Waals surface area contributed by atoms with Gasteiger partial charge in [-0.3, -0.25) is 0 Å². The Labute approximate surface area is 123 Å². The number of hydrogen-bond acceptors (Lipinski definition) is 2. The summed E-state index contributed by atoms with van der Waals surface area (Å²) in [5.41, 5.74) is 3.72. The van der Waals surface area contributed by atoms with Crippen molar-refractivity contribution in [1.82, 2.24) is 0 Å². The molecule has 0 unspecified atom stereocenters. The molecule has 0 aliphatic rings. The molecule has 0 fully saturated rings. The second-order valence-electron chi connectivity index (χ2n) is 7.43. The van der Waals surface area contributed by atoms with Crippen LogP contribution in [0.5, 0.6) is 0 Å². The maximum absolute atomic E-state index is 8.97. The van der Waals surface area contributed by atoms with Gasteiger partial charge in [-0.05, 0) is 27.5 Å². The highest BCUT2D eigenvalue weighted by molar-refractivity contribution is 5.38. The summed E-state index contributed by atoms with van der Waals surface area (Å²) in [4.78, 5) is 0. The van der Waals surface area contributed by atoms with Crippen LogP contribution in [-0.4, -0.2) is 0 Å². The van der Waals surface area contributed by atoms with Crippen molar-refractivity contribution in [2.24, 2.45) is 5.92 Å². The van der Waals surface area contributed by atoms with E-state index in [-0.39, 0.29) is 10.8 Å². The van der Waals surface area contributed by atoms with Crippen molar-refractivity contribution in [3.63, 3.8) is 0 Å². The van der Waals surface area contributed by atoms with Crippen LogP contribution < -0.4 is 0 Å². The summed E-state index contributed by atoms with van der Waals surface area (Å²) in [6, 6.07) is 10.6. The SMILES string of the molecule is CC(C)(C)c1cc(CC(C#N)C#N)cc(C(C)(C)C)c1. The molecule has 1 aromatic rings. The highest BCUT2D eigenvalue weighted by Gasteiger charge is 2.21. The number of nitrogens with zero attached hydrogens (tertiary/aromatic N) is 2. The van der Waals surface area contributed by atoms with Crippen LogP contribution in [-0.2, 0) is 17.3 Å². The van der Waals surface area contributed by atoms with Crippen molar-refractivity contribution < 1.29 is 0 Å². The number of benzene rings is 1. The predicted molar refractivity (Wildman–Crippen MR) is 82.3 cm³/mol. The van der Waals surface area contributed by atoms with Gasteiger partial charge in [0.2, 0.25) is 0 Å². The molecule has 0 spiro atoms. The molecule has 2 nitrogen and oxygen atoms in total. The van der Waals surface area contributed by atoms with Crippen LogP contribution in [0, 0.1) is 28.6 Å². The van der Waals surface area contributed by atoms with E-state index in [0.717, 1.165) is 5.56 Å². The highest BCUT2D eigenvalue weighted by atomic mass is 14.3. The molecule has 0 N–H and O–H groups in total. The van der Waals surface area contributed by atoms with Crippen molar-refractivity contribution in [2.75, 3.05) is 0 Å². The summed E-state index contributed by atoms with van der Waals surface area (Å²) in [6.07, 6.45) is 0.500. The molecule has 1 aromatic carbocycles. The fraction of sp³-hybridized carbons (Fsp3) is 0.556. The molecular weight excluding hydrogens is 244 g/mol. The third-order valence-electron chi connectivity index (χ3n) is 3.48. The van der Waals surface area contributed by atoms with Gasteiger partial charge in [-0.1, -0.05) is 59.7 Å². The molecule has 20 heavy (non-hydrogen) atoms. The van der Waals surface area contributed by atoms with Crippen molar-refractivity contribution in [3.05, 3.63) is 34.9 Å². The standard InChI is InChI=1S/C18H24N2/c1-17(2,3)15-8-13(7-14(11-19)12-20)9-16(10-15)18(4,5)6/h8-10,14H,7H2,1-6H3. The molecule has 0 aromatic heterocycles. The third kappa shape index (κ3) is 4.10. The Kier molecular flexibility index (Phi) is 4.61. The lowest BCUT2D eigenvalue weighted by Gasteiger charge is -2.26. The summed E-state index contributed by atoms with van der Waals surface area (Å²) in [6.45, 7) is 13.1. The summed E-state index contributed by atoms with van der Waals surface area (Å²) in [5.74, 6) is -0.571. The minimum atomic E-state index is -0.571. The zero-order chi connectivity index (χ0) is 15.6. The normalized spacial score (nSPS) is 12.1. The lowest BCUT2D eigenvalue weighted by Crippen LogP contribution is -2.17. The van der Waals surface area contributed by atoms with Gasteiger partial charge in [0.15, 0.2) is 0 Å². The molecule has 0 amide bonds. The summed E-state index contributed by atoms with van der Waals surface area (Å²) in [7, 11) is 0. The Hall–Kier alpha value is -1.80. The Morgan fingerprint density at radius 3 is 1.55 bits per heavy atom. The fourth-order valence-corrected chi connectivity index (χ4v) is 2.03. The lowest BCUT2D eigenvalue weighted by molar-refractivity contribution is 0.566. The Morgan fingerprint density at radius 2 is 1.25 bits per heavy atom. The first-order valence-corrected chi connectivity index (χ1v) is 7.02. The average molecular weight is 268 g/mol. The first kappa shape index (κ1) is 16.3. The number of hydrogen-bond donors (Lipinski definition) is 0. The van der Waals surface area contributed by atoms with Gasteiger partial charge in [0.25, 0.3) is 0 Å². The Balaban J connectivity index is 3.33. The quantitative estimate of drug-likeness (QED) is 0.793. The van der Waals surface area contributed by atoms with E-state index in [9.17, 15) is 0 Å². The topological polar surface area (TPSA) is 47.6 Å². The molecule has 2 heteroatoms. The molecular formula is C18H24N2. The second kappa shape index (κ2) is 5.68. The molecule has 0 aliphatic heterocycles. The van der Waals surface area contributed by atoms with Crippen LogP contribution in [0.25, 0.3) is 0 Å². The third-order valence-corrected chi connectivity index (χ3v) is 3.48. The minimum absolute atomic E-state index is 0.0603. The van der Waals surface area contributed by atoms with Gasteiger partial charge in [0.05, 0.1) is 12.1 Å². The maximum atomic E-state index is 8.97. The van der Waals surface area contributed by atoms with Gasteiger partial charge in [0.1, 0.15) is 5.92 Å². The van der Waals surface area contributed by atoms with E-state index in [0.29, 0.717) is 6.42 Å². The van der Waals surface area contributed by atoms with Gasteiger partial charge < -0.3 is 0 Å². The average Bonchev–Trinajstić information content (AvgIpc) is 2.33. The van der Waals surface area contributed by atoms with Crippen molar-refractivity contribution in [1.29, 1.82) is 10.5 Å². The van der Waals surface area contributed by atoms with Gasteiger partial charge in [-0.25, -0.2) is 0 Å². The van der Waals surface area contributed by atoms with E-state index in [4.69, 9.17) is 10.5 Å². The molecule has 0 atom stereocenters. The molecule has 0 saturated heterocycles. The molecule has 0 heterocycles. The molecule has 1 rings (SSSR count). The van der Waals surface area contributed by atoms with E-state index in [1.165, 1.54) is 11.1 Å². The van der Waals surface area contributed by atoms with Crippen molar-refractivity contribution >= 4 is 0 Å². The first-order chi connectivity index (χ1) is 9.07. The zero-order valence-electron chi connectivity index (χ0n) is 13.4. The Morgan fingerprint density at radius 1 is 0.850 bits per heavy atom. The first-order valence-electron chi connectivity index (χ1n) is 7.02. The zero-order valence-corrected chi connectivity index (χ0v) is 13.4. The van der Waals surface area contributed by atoms with Crippen LogP contribution in [0.4, 0.5) is 0 Å². The van der Waals surface area contributed by atoms with E-state index in [1.54, 1.807) is 0 Å². The number of nitriles is 2.